The van der Waals surface area contributed by atoms with Crippen LogP contribution >= 0.6 is 0 Å². The van der Waals surface area contributed by atoms with Gasteiger partial charge < -0.3 is 24.8 Å². The van der Waals surface area contributed by atoms with E-state index in [1.54, 1.807) is 12.1 Å². The zero-order chi connectivity index (χ0) is 31.9. The summed E-state index contributed by atoms with van der Waals surface area (Å²) in [5.74, 6) is 0.568. The maximum Gasteiger partial charge on any atom is -1.00 e. The molecule has 0 saturated carbocycles. The Balaban J connectivity index is 0.00000276. The van der Waals surface area contributed by atoms with Crippen LogP contribution in [-0.4, -0.2) is 4.21 Å². The van der Waals surface area contributed by atoms with Crippen molar-refractivity contribution in [2.24, 2.45) is 11.8 Å². The summed E-state index contributed by atoms with van der Waals surface area (Å²) in [5, 5.41) is 0. The normalized spacial score (nSPS) is 17.5. The molecule has 3 aromatic rings. The van der Waals surface area contributed by atoms with Gasteiger partial charge in [0.2, 0.25) is 0 Å². The van der Waals surface area contributed by atoms with Gasteiger partial charge in [0, 0.05) is 0 Å². The van der Waals surface area contributed by atoms with Gasteiger partial charge in [-0.25, -0.2) is 0 Å². The first-order chi connectivity index (χ1) is 19.8. The van der Waals surface area contributed by atoms with Crippen LogP contribution in [0.4, 0.5) is 13.2 Å². The van der Waals surface area contributed by atoms with E-state index in [1.165, 1.54) is 59.9 Å². The van der Waals surface area contributed by atoms with Gasteiger partial charge in [-0.05, 0) is 0 Å². The summed E-state index contributed by atoms with van der Waals surface area (Å²) in [4.78, 5) is 0. The molecule has 5 rings (SSSR count). The summed E-state index contributed by atoms with van der Waals surface area (Å²) in [7, 11) is 0. The van der Waals surface area contributed by atoms with Crippen LogP contribution in [0, 0.1) is 11.8 Å². The van der Waals surface area contributed by atoms with E-state index in [1.807, 2.05) is 0 Å². The van der Waals surface area contributed by atoms with Gasteiger partial charge in [0.15, 0.2) is 0 Å². The molecule has 241 valence electrons. The number of alkyl halides is 3. The van der Waals surface area contributed by atoms with E-state index in [0.717, 1.165) is 3.27 Å². The molecule has 2 aliphatic carbocycles. The van der Waals surface area contributed by atoms with E-state index in [9.17, 15) is 13.2 Å². The molecule has 0 nitrogen and oxygen atoms in total. The summed E-state index contributed by atoms with van der Waals surface area (Å²) < 4.78 is 48.9. The van der Waals surface area contributed by atoms with Gasteiger partial charge in [-0.1, -0.05) is 0 Å². The third kappa shape index (κ3) is 6.55. The van der Waals surface area contributed by atoms with E-state index >= 15 is 0 Å². The molecule has 2 unspecified atom stereocenters. The standard InChI is InChI=1S/C21H25.C10H15.C7H4F3.CH2.2ClH.Zr/c1-20(2,3)16-9-7-14-11-15-8-10-17(21(4,5)6)13-19(15)18(14)12-16;1-7(2)10-6-8(3)5-9(10)4;8-7(9,10)6-4-2-1-3-5-6;;;;/h7-13H,1-6H3;6-8H,1-4H3;2-5H;1H2;2*1H;/q;;;;;;+2/p-2. The predicted molar refractivity (Wildman–Crippen MR) is 174 cm³/mol. The first kappa shape index (κ1) is 37.7. The van der Waals surface area contributed by atoms with Crippen molar-refractivity contribution in [3.05, 3.63) is 109 Å². The van der Waals surface area contributed by atoms with Crippen LogP contribution in [-0.2, 0) is 36.8 Å². The number of hydrogen-bond donors (Lipinski definition) is 0. The van der Waals surface area contributed by atoms with Crippen LogP contribution in [0.15, 0.2) is 81.2 Å². The molecule has 2 atom stereocenters. The van der Waals surface area contributed by atoms with Gasteiger partial charge in [0.05, 0.1) is 0 Å². The minimum atomic E-state index is -4.38. The van der Waals surface area contributed by atoms with Crippen LogP contribution in [0.1, 0.15) is 101 Å². The smallest absolute Gasteiger partial charge is 1.00 e. The molecule has 0 aromatic heterocycles. The topological polar surface area (TPSA) is 0 Å². The molecular formula is C39H46Cl2F3Zr. The van der Waals surface area contributed by atoms with E-state index in [4.69, 9.17) is 4.21 Å². The van der Waals surface area contributed by atoms with Gasteiger partial charge in [-0.3, -0.25) is 0 Å². The molecule has 0 fully saturated rings. The van der Waals surface area contributed by atoms with Crippen molar-refractivity contribution in [1.29, 1.82) is 0 Å². The second-order valence-corrected chi connectivity index (χ2v) is 24.1. The van der Waals surface area contributed by atoms with Crippen molar-refractivity contribution in [2.75, 3.05) is 0 Å². The van der Waals surface area contributed by atoms with E-state index in [2.05, 4.69) is 112 Å². The van der Waals surface area contributed by atoms with Gasteiger partial charge in [-0.15, -0.1) is 0 Å². The summed E-state index contributed by atoms with van der Waals surface area (Å²) in [6.45, 7) is 22.4. The maximum atomic E-state index is 13.7. The Labute approximate surface area is 285 Å². The maximum absolute atomic E-state index is 13.7. The van der Waals surface area contributed by atoms with E-state index < -0.39 is 31.5 Å². The van der Waals surface area contributed by atoms with Crippen molar-refractivity contribution in [3.63, 3.8) is 0 Å². The molecule has 0 amide bonds. The Morgan fingerprint density at radius 2 is 1.13 bits per heavy atom. The molecule has 6 heteroatoms. The van der Waals surface area contributed by atoms with Crippen molar-refractivity contribution < 1.29 is 57.8 Å². The Kier molecular flexibility index (Phi) is 10.6. The van der Waals surface area contributed by atoms with Gasteiger partial charge in [0.1, 0.15) is 0 Å². The Hall–Kier alpha value is -1.74. The molecule has 0 spiro atoms. The van der Waals surface area contributed by atoms with Crippen LogP contribution in [0.25, 0.3) is 11.1 Å². The van der Waals surface area contributed by atoms with E-state index in [-0.39, 0.29) is 45.2 Å². The number of fused-ring (bicyclic) bond motifs is 3. The summed E-state index contributed by atoms with van der Waals surface area (Å²) in [6.07, 6.45) is -1.99. The van der Waals surface area contributed by atoms with Crippen molar-refractivity contribution in [2.45, 2.75) is 89.9 Å². The number of hydrogen-bond acceptors (Lipinski definition) is 0. The first-order valence-electron chi connectivity index (χ1n) is 15.5. The second-order valence-electron chi connectivity index (χ2n) is 15.2. The number of allylic oxidation sites excluding steroid dienone is 4. The molecule has 2 aliphatic rings. The minimum Gasteiger partial charge on any atom is -1.00 e. The van der Waals surface area contributed by atoms with E-state index in [0.29, 0.717) is 5.92 Å². The van der Waals surface area contributed by atoms with Crippen LogP contribution in [0.5, 0.6) is 0 Å². The molecule has 3 aromatic carbocycles. The van der Waals surface area contributed by atoms with Crippen molar-refractivity contribution in [1.82, 2.24) is 0 Å². The fourth-order valence-corrected chi connectivity index (χ4v) is 19.8. The minimum absolute atomic E-state index is 0. The molecule has 0 heterocycles. The molecule has 0 bridgehead atoms. The zero-order valence-corrected chi connectivity index (χ0v) is 32.1. The van der Waals surface area contributed by atoms with Crippen LogP contribution in [0.2, 0.25) is 0 Å². The average molecular weight is 734 g/mol. The molecule has 0 radical (unpaired) electrons. The summed E-state index contributed by atoms with van der Waals surface area (Å²) in [5.41, 5.74) is 9.68. The van der Waals surface area contributed by atoms with Crippen LogP contribution in [0.3, 0.4) is 0 Å². The fraction of sp³-hybridized carbons (Fsp3) is 0.410. The second kappa shape index (κ2) is 12.7. The Morgan fingerprint density at radius 3 is 1.49 bits per heavy atom. The molecule has 45 heavy (non-hydrogen) atoms. The van der Waals surface area contributed by atoms with Crippen molar-refractivity contribution in [3.8, 4) is 11.1 Å². The third-order valence-corrected chi connectivity index (χ3v) is 21.5. The van der Waals surface area contributed by atoms with Crippen LogP contribution < -0.4 is 28.1 Å². The third-order valence-electron chi connectivity index (χ3n) is 9.80. The van der Waals surface area contributed by atoms with Crippen molar-refractivity contribution >= 4 is 7.48 Å². The Bertz CT molecular complexity index is 1630. The first-order valence-corrected chi connectivity index (χ1v) is 21.1. The number of rotatable bonds is 4. The quantitative estimate of drug-likeness (QED) is 0.362. The summed E-state index contributed by atoms with van der Waals surface area (Å²) >= 11 is -4.07. The largest absolute Gasteiger partial charge is 1.00 e. The Morgan fingerprint density at radius 1 is 0.711 bits per heavy atom. The van der Waals surface area contributed by atoms with Gasteiger partial charge >= 0.3 is 262 Å². The number of halogens is 5. The monoisotopic (exact) mass is 731 g/mol. The fourth-order valence-electron chi connectivity index (χ4n) is 7.49. The molecule has 0 N–H and O–H groups in total. The summed E-state index contributed by atoms with van der Waals surface area (Å²) in [6, 6.07) is 20.0. The molecule has 0 saturated heterocycles. The zero-order valence-electron chi connectivity index (χ0n) is 28.2. The molecule has 0 aliphatic heterocycles. The SMILES string of the molecule is [CH2]=[Zr+2]([C]1=C(C)C(C(C)C)=CC1C)([c]1ccc(C(F)(F)F)cc1)[CH]1c2ccc(C(C)(C)C)cc2-c2cc(C(C)(C)C)ccc21.[Cl-].[Cl-]. The van der Waals surface area contributed by atoms with Gasteiger partial charge in [0.25, 0.3) is 0 Å². The number of benzene rings is 3. The average Bonchev–Trinajstić information content (AvgIpc) is 3.40. The predicted octanol–water partition coefficient (Wildman–Crippen LogP) is 4.80. The van der Waals surface area contributed by atoms with Gasteiger partial charge in [-0.2, -0.15) is 0 Å². The molecular weight excluding hydrogens is 688 g/mol.